The van der Waals surface area contributed by atoms with E-state index in [4.69, 9.17) is 4.84 Å². The maximum atomic E-state index is 14.8. The third-order valence-electron chi connectivity index (χ3n) is 8.03. The number of allylic oxidation sites excluding steroid dienone is 2. The second kappa shape index (κ2) is 10.4. The number of hydroxylamine groups is 1. The molecule has 0 aliphatic heterocycles. The van der Waals surface area contributed by atoms with Gasteiger partial charge >= 0.3 is 12.4 Å². The molecule has 1 aliphatic rings. The summed E-state index contributed by atoms with van der Waals surface area (Å²) in [7, 11) is 0. The smallest absolute Gasteiger partial charge is 0.411 e. The largest absolute Gasteiger partial charge is 0.414 e. The molecule has 220 valence electrons. The van der Waals surface area contributed by atoms with Crippen LogP contribution >= 0.6 is 0 Å². The fraction of sp³-hybridized carbons (Fsp3) is 0.206. The maximum Gasteiger partial charge on any atom is 0.411 e. The number of alkyl halides is 6. The molecule has 6 rings (SSSR count). The number of hydrogen-bond acceptors (Lipinski definition) is 3. The molecule has 1 N–H and O–H groups in total. The van der Waals surface area contributed by atoms with Crippen LogP contribution in [0.1, 0.15) is 37.0 Å². The van der Waals surface area contributed by atoms with Crippen LogP contribution in [0.5, 0.6) is 0 Å². The Bertz CT molecular complexity index is 1880. The highest BCUT2D eigenvalue weighted by Gasteiger charge is 2.75. The van der Waals surface area contributed by atoms with E-state index in [2.05, 4.69) is 10.5 Å². The zero-order valence-corrected chi connectivity index (χ0v) is 23.2. The van der Waals surface area contributed by atoms with Crippen LogP contribution in [0.2, 0.25) is 0 Å². The van der Waals surface area contributed by atoms with E-state index in [0.29, 0.717) is 23.4 Å². The molecule has 1 heterocycles. The molecule has 43 heavy (non-hydrogen) atoms. The molecular formula is C34H26F6N2O. The first-order valence-corrected chi connectivity index (χ1v) is 13.7. The lowest BCUT2D eigenvalue weighted by molar-refractivity contribution is -0.287. The summed E-state index contributed by atoms with van der Waals surface area (Å²) < 4.78 is 89.1. The Labute approximate surface area is 243 Å². The minimum absolute atomic E-state index is 0.114. The second-order valence-corrected chi connectivity index (χ2v) is 10.5. The number of hydrogen-bond donors (Lipinski definition) is 1. The Balaban J connectivity index is 1.65. The lowest BCUT2D eigenvalue weighted by Crippen LogP contribution is -2.53. The highest BCUT2D eigenvalue weighted by molar-refractivity contribution is 6.11. The van der Waals surface area contributed by atoms with Gasteiger partial charge in [0.05, 0.1) is 12.2 Å². The van der Waals surface area contributed by atoms with Gasteiger partial charge in [0.25, 0.3) is 0 Å². The SMILES string of the molecule is CC/C=C(/C)ONCc1cc2c(cc1-c1nccc3c1ccc1ccccc13)-c1ccccc1C2(C(F)(F)F)C(F)(F)F. The number of fused-ring (bicyclic) bond motifs is 6. The van der Waals surface area contributed by atoms with Crippen LogP contribution in [0.15, 0.2) is 96.9 Å². The highest BCUT2D eigenvalue weighted by Crippen LogP contribution is 2.64. The first-order valence-electron chi connectivity index (χ1n) is 13.7. The summed E-state index contributed by atoms with van der Waals surface area (Å²) in [5.41, 5.74) is -2.38. The molecule has 0 unspecified atom stereocenters. The Kier molecular flexibility index (Phi) is 6.96. The van der Waals surface area contributed by atoms with Crippen molar-refractivity contribution in [1.82, 2.24) is 10.5 Å². The van der Waals surface area contributed by atoms with Gasteiger partial charge in [-0.2, -0.15) is 31.8 Å². The monoisotopic (exact) mass is 592 g/mol. The summed E-state index contributed by atoms with van der Waals surface area (Å²) in [4.78, 5) is 10.1. The topological polar surface area (TPSA) is 34.1 Å². The number of nitrogens with zero attached hydrogens (tertiary/aromatic N) is 1. The minimum Gasteiger partial charge on any atom is -0.414 e. The molecule has 1 aliphatic carbocycles. The van der Waals surface area contributed by atoms with Crippen LogP contribution in [0, 0.1) is 0 Å². The molecule has 0 bridgehead atoms. The van der Waals surface area contributed by atoms with Gasteiger partial charge in [-0.1, -0.05) is 73.7 Å². The molecule has 0 fully saturated rings. The number of halogens is 6. The number of pyridine rings is 1. The fourth-order valence-corrected chi connectivity index (χ4v) is 6.21. The zero-order valence-electron chi connectivity index (χ0n) is 23.2. The van der Waals surface area contributed by atoms with Gasteiger partial charge in [0.1, 0.15) is 5.76 Å². The van der Waals surface area contributed by atoms with Gasteiger partial charge < -0.3 is 4.84 Å². The molecule has 1 aromatic heterocycles. The molecule has 0 saturated heterocycles. The molecule has 5 aromatic rings. The quantitative estimate of drug-likeness (QED) is 0.0923. The first-order chi connectivity index (χ1) is 20.5. The Hall–Kier alpha value is -4.37. The lowest BCUT2D eigenvalue weighted by Gasteiger charge is -2.36. The third kappa shape index (κ3) is 4.45. The number of benzene rings is 4. The van der Waals surface area contributed by atoms with Crippen molar-refractivity contribution in [2.75, 3.05) is 0 Å². The van der Waals surface area contributed by atoms with Gasteiger partial charge in [0, 0.05) is 17.1 Å². The van der Waals surface area contributed by atoms with E-state index < -0.39 is 28.9 Å². The molecule has 0 saturated carbocycles. The van der Waals surface area contributed by atoms with Gasteiger partial charge in [0.2, 0.25) is 5.41 Å². The Morgan fingerprint density at radius 1 is 0.791 bits per heavy atom. The first kappa shape index (κ1) is 28.7. The van der Waals surface area contributed by atoms with Crippen molar-refractivity contribution in [2.45, 2.75) is 44.6 Å². The minimum atomic E-state index is -5.66. The van der Waals surface area contributed by atoms with Crippen LogP contribution < -0.4 is 5.48 Å². The summed E-state index contributed by atoms with van der Waals surface area (Å²) >= 11 is 0. The van der Waals surface area contributed by atoms with E-state index in [-0.39, 0.29) is 23.2 Å². The predicted molar refractivity (Wildman–Crippen MR) is 155 cm³/mol. The van der Waals surface area contributed by atoms with Crippen molar-refractivity contribution in [2.24, 2.45) is 0 Å². The van der Waals surface area contributed by atoms with E-state index in [1.54, 1.807) is 19.2 Å². The average molecular weight is 593 g/mol. The standard InChI is InChI=1S/C34H26F6N2O/c1-3-8-20(2)43-42-19-22-17-30-28(25-11-6-7-12-29(25)32(30,33(35,36)37)34(38,39)40)18-27(22)31-26-14-13-21-9-4-5-10-23(21)24(26)15-16-41-31/h4-18,42H,3,19H2,1-2H3/b20-8-. The van der Waals surface area contributed by atoms with Gasteiger partial charge in [-0.3, -0.25) is 4.98 Å². The average Bonchev–Trinajstić information content (AvgIpc) is 3.27. The maximum absolute atomic E-state index is 14.8. The van der Waals surface area contributed by atoms with Crippen molar-refractivity contribution in [3.05, 3.63) is 114 Å². The molecule has 0 radical (unpaired) electrons. The van der Waals surface area contributed by atoms with Gasteiger partial charge in [-0.15, -0.1) is 0 Å². The lowest BCUT2D eigenvalue weighted by atomic mass is 9.75. The number of rotatable bonds is 6. The van der Waals surface area contributed by atoms with Crippen LogP contribution in [0.3, 0.4) is 0 Å². The van der Waals surface area contributed by atoms with E-state index in [1.165, 1.54) is 24.3 Å². The van der Waals surface area contributed by atoms with Gasteiger partial charge in [-0.05, 0) is 75.5 Å². The molecule has 0 amide bonds. The highest BCUT2D eigenvalue weighted by atomic mass is 19.4. The third-order valence-corrected chi connectivity index (χ3v) is 8.03. The molecule has 0 spiro atoms. The second-order valence-electron chi connectivity index (χ2n) is 10.5. The molecule has 4 aromatic carbocycles. The fourth-order valence-electron chi connectivity index (χ4n) is 6.21. The summed E-state index contributed by atoms with van der Waals surface area (Å²) in [5.74, 6) is 0.521. The molecule has 0 atom stereocenters. The normalized spacial score (nSPS) is 14.7. The van der Waals surface area contributed by atoms with Crippen LogP contribution in [0.25, 0.3) is 43.9 Å². The van der Waals surface area contributed by atoms with E-state index in [1.807, 2.05) is 49.4 Å². The summed E-state index contributed by atoms with van der Waals surface area (Å²) in [6.45, 7) is 3.44. The number of aromatic nitrogens is 1. The summed E-state index contributed by atoms with van der Waals surface area (Å²) in [6, 6.07) is 20.7. The summed E-state index contributed by atoms with van der Waals surface area (Å²) in [6.07, 6.45) is -7.24. The Morgan fingerprint density at radius 3 is 2.26 bits per heavy atom. The van der Waals surface area contributed by atoms with E-state index in [0.717, 1.165) is 33.7 Å². The van der Waals surface area contributed by atoms with E-state index >= 15 is 0 Å². The van der Waals surface area contributed by atoms with Crippen LogP contribution in [-0.2, 0) is 16.8 Å². The zero-order chi connectivity index (χ0) is 30.6. The van der Waals surface area contributed by atoms with Gasteiger partial charge in [0.15, 0.2) is 0 Å². The van der Waals surface area contributed by atoms with Crippen molar-refractivity contribution < 1.29 is 31.2 Å². The van der Waals surface area contributed by atoms with Crippen molar-refractivity contribution in [1.29, 1.82) is 0 Å². The Morgan fingerprint density at radius 2 is 1.51 bits per heavy atom. The molecule has 9 heteroatoms. The number of nitrogens with one attached hydrogen (secondary N) is 1. The van der Waals surface area contributed by atoms with Crippen molar-refractivity contribution >= 4 is 21.5 Å². The predicted octanol–water partition coefficient (Wildman–Crippen LogP) is 9.78. The van der Waals surface area contributed by atoms with Gasteiger partial charge in [-0.25, -0.2) is 0 Å². The molecular weight excluding hydrogens is 566 g/mol. The molecule has 3 nitrogen and oxygen atoms in total. The van der Waals surface area contributed by atoms with E-state index in [9.17, 15) is 26.3 Å². The van der Waals surface area contributed by atoms with Crippen molar-refractivity contribution in [3.63, 3.8) is 0 Å². The van der Waals surface area contributed by atoms with Crippen LogP contribution in [0.4, 0.5) is 26.3 Å². The summed E-state index contributed by atoms with van der Waals surface area (Å²) in [5, 5.41) is 3.52. The van der Waals surface area contributed by atoms with Crippen molar-refractivity contribution in [3.8, 4) is 22.4 Å². The van der Waals surface area contributed by atoms with Crippen LogP contribution in [-0.4, -0.2) is 17.3 Å².